The van der Waals surface area contributed by atoms with Gasteiger partial charge in [0.05, 0.1) is 25.3 Å². The molecule has 0 fully saturated rings. The number of pyridine rings is 1. The number of nitrogens with zero attached hydrogens (tertiary/aromatic N) is 2. The Hall–Kier alpha value is -2.23. The average Bonchev–Trinajstić information content (AvgIpc) is 2.60. The zero-order valence-corrected chi connectivity index (χ0v) is 15.4. The third-order valence-electron chi connectivity index (χ3n) is 3.46. The van der Waals surface area contributed by atoms with E-state index in [0.29, 0.717) is 17.1 Å². The van der Waals surface area contributed by atoms with Gasteiger partial charge in [-0.15, -0.1) is 0 Å². The van der Waals surface area contributed by atoms with Gasteiger partial charge in [-0.1, -0.05) is 33.8 Å². The van der Waals surface area contributed by atoms with Crippen LogP contribution in [-0.2, 0) is 0 Å². The lowest BCUT2D eigenvalue weighted by Gasteiger charge is -2.12. The molecule has 3 rings (SSSR count). The Morgan fingerprint density at radius 1 is 1.12 bits per heavy atom. The second-order valence-electron chi connectivity index (χ2n) is 4.90. The maximum absolute atomic E-state index is 9.47. The summed E-state index contributed by atoms with van der Waals surface area (Å²) < 4.78 is 11.7. The molecule has 0 saturated heterocycles. The van der Waals surface area contributed by atoms with Crippen molar-refractivity contribution in [3.05, 3.63) is 52.6 Å². The first kappa shape index (κ1) is 16.6. The van der Waals surface area contributed by atoms with E-state index in [2.05, 4.69) is 27.0 Å². The Morgan fingerprint density at radius 3 is 2.54 bits per heavy atom. The molecule has 3 aromatic rings. The Morgan fingerprint density at radius 2 is 1.88 bits per heavy atom. The van der Waals surface area contributed by atoms with E-state index in [0.717, 1.165) is 25.2 Å². The molecule has 6 heteroatoms. The molecule has 0 spiro atoms. The van der Waals surface area contributed by atoms with Crippen molar-refractivity contribution in [2.45, 2.75) is 9.79 Å². The highest BCUT2D eigenvalue weighted by Crippen LogP contribution is 2.40. The quantitative estimate of drug-likeness (QED) is 0.613. The maximum atomic E-state index is 9.47. The van der Waals surface area contributed by atoms with Crippen LogP contribution < -0.4 is 9.47 Å². The van der Waals surface area contributed by atoms with Crippen molar-refractivity contribution in [3.63, 3.8) is 0 Å². The molecule has 0 atom stereocenters. The van der Waals surface area contributed by atoms with Gasteiger partial charge in [-0.05, 0) is 24.3 Å². The predicted octanol–water partition coefficient (Wildman–Crippen LogP) is 5.04. The van der Waals surface area contributed by atoms with Gasteiger partial charge in [0.2, 0.25) is 0 Å². The van der Waals surface area contributed by atoms with Gasteiger partial charge in [-0.3, -0.25) is 4.98 Å². The first-order chi connectivity index (χ1) is 11.7. The number of hydrogen-bond donors (Lipinski definition) is 0. The molecule has 0 aliphatic rings. The van der Waals surface area contributed by atoms with E-state index in [-0.39, 0.29) is 0 Å². The molecular weight excluding hydrogens is 388 g/mol. The highest BCUT2D eigenvalue weighted by atomic mass is 79.9. The van der Waals surface area contributed by atoms with Crippen LogP contribution in [0.1, 0.15) is 5.56 Å². The molecule has 1 heterocycles. The molecule has 0 N–H and O–H groups in total. The highest BCUT2D eigenvalue weighted by molar-refractivity contribution is 9.10. The lowest BCUT2D eigenvalue weighted by Crippen LogP contribution is -1.94. The standard InChI is InChI=1S/C18H13BrN2O2S/c1-22-16-7-14-15(8-17(16)23-2)21-10-11(9-20)18(14)24-13-5-3-4-12(19)6-13/h3-8,10H,1-2H3. The molecule has 0 unspecified atom stereocenters. The summed E-state index contributed by atoms with van der Waals surface area (Å²) in [4.78, 5) is 6.25. The van der Waals surface area contributed by atoms with Gasteiger partial charge < -0.3 is 9.47 Å². The molecule has 0 radical (unpaired) electrons. The molecule has 0 amide bonds. The van der Waals surface area contributed by atoms with Crippen LogP contribution in [0.15, 0.2) is 56.9 Å². The number of halogens is 1. The third-order valence-corrected chi connectivity index (χ3v) is 5.09. The van der Waals surface area contributed by atoms with Crippen molar-refractivity contribution in [2.24, 2.45) is 0 Å². The lowest BCUT2D eigenvalue weighted by molar-refractivity contribution is 0.355. The number of benzene rings is 2. The summed E-state index contributed by atoms with van der Waals surface area (Å²) in [6, 6.07) is 13.9. The van der Waals surface area contributed by atoms with E-state index in [1.54, 1.807) is 20.4 Å². The summed E-state index contributed by atoms with van der Waals surface area (Å²) in [5.74, 6) is 1.22. The minimum Gasteiger partial charge on any atom is -0.493 e. The van der Waals surface area contributed by atoms with E-state index in [1.165, 1.54) is 11.8 Å². The molecule has 0 aliphatic carbocycles. The number of nitriles is 1. The largest absolute Gasteiger partial charge is 0.493 e. The van der Waals surface area contributed by atoms with E-state index in [1.807, 2.05) is 36.4 Å². The molecule has 0 saturated carbocycles. The lowest BCUT2D eigenvalue weighted by atomic mass is 10.1. The zero-order chi connectivity index (χ0) is 17.1. The summed E-state index contributed by atoms with van der Waals surface area (Å²) in [6.45, 7) is 0. The van der Waals surface area contributed by atoms with E-state index >= 15 is 0 Å². The number of methoxy groups -OCH3 is 2. The predicted molar refractivity (Wildman–Crippen MR) is 97.8 cm³/mol. The Kier molecular flexibility index (Phi) is 4.93. The van der Waals surface area contributed by atoms with Crippen molar-refractivity contribution in [1.29, 1.82) is 5.26 Å². The van der Waals surface area contributed by atoms with Crippen molar-refractivity contribution in [2.75, 3.05) is 14.2 Å². The monoisotopic (exact) mass is 400 g/mol. The Labute approximate surface area is 152 Å². The number of aromatic nitrogens is 1. The fourth-order valence-corrected chi connectivity index (χ4v) is 3.93. The van der Waals surface area contributed by atoms with Crippen molar-refractivity contribution >= 4 is 38.6 Å². The summed E-state index contributed by atoms with van der Waals surface area (Å²) in [7, 11) is 3.18. The summed E-state index contributed by atoms with van der Waals surface area (Å²) >= 11 is 5.00. The number of fused-ring (bicyclic) bond motifs is 1. The molecule has 0 aliphatic heterocycles. The normalized spacial score (nSPS) is 10.4. The van der Waals surface area contributed by atoms with E-state index in [9.17, 15) is 5.26 Å². The molecular formula is C18H13BrN2O2S. The third kappa shape index (κ3) is 3.18. The molecule has 1 aromatic heterocycles. The molecule has 4 nitrogen and oxygen atoms in total. The molecule has 120 valence electrons. The number of ether oxygens (including phenoxy) is 2. The van der Waals surface area contributed by atoms with Crippen molar-refractivity contribution in [3.8, 4) is 17.6 Å². The fraction of sp³-hybridized carbons (Fsp3) is 0.111. The molecule has 2 aromatic carbocycles. The van der Waals surface area contributed by atoms with Gasteiger partial charge in [-0.2, -0.15) is 5.26 Å². The van der Waals surface area contributed by atoms with Gasteiger partial charge in [-0.25, -0.2) is 0 Å². The van der Waals surface area contributed by atoms with Gasteiger partial charge in [0, 0.05) is 31.9 Å². The van der Waals surface area contributed by atoms with Crippen LogP contribution in [0.5, 0.6) is 11.5 Å². The second kappa shape index (κ2) is 7.12. The molecule has 0 bridgehead atoms. The molecule has 24 heavy (non-hydrogen) atoms. The minimum absolute atomic E-state index is 0.527. The summed E-state index contributed by atoms with van der Waals surface area (Å²) in [5.41, 5.74) is 1.28. The number of rotatable bonds is 4. The van der Waals surface area contributed by atoms with Crippen LogP contribution >= 0.6 is 27.7 Å². The van der Waals surface area contributed by atoms with Crippen LogP contribution in [0.25, 0.3) is 10.9 Å². The number of hydrogen-bond acceptors (Lipinski definition) is 5. The van der Waals surface area contributed by atoms with Crippen LogP contribution in [0, 0.1) is 11.3 Å². The summed E-state index contributed by atoms with van der Waals surface area (Å²) in [6.07, 6.45) is 1.59. The van der Waals surface area contributed by atoms with Crippen LogP contribution in [-0.4, -0.2) is 19.2 Å². The van der Waals surface area contributed by atoms with E-state index in [4.69, 9.17) is 9.47 Å². The second-order valence-corrected chi connectivity index (χ2v) is 6.90. The topological polar surface area (TPSA) is 55.1 Å². The van der Waals surface area contributed by atoms with Gasteiger partial charge >= 0.3 is 0 Å². The fourth-order valence-electron chi connectivity index (χ4n) is 2.33. The average molecular weight is 401 g/mol. The van der Waals surface area contributed by atoms with E-state index < -0.39 is 0 Å². The first-order valence-corrected chi connectivity index (χ1v) is 8.65. The van der Waals surface area contributed by atoms with Gasteiger partial charge in [0.25, 0.3) is 0 Å². The van der Waals surface area contributed by atoms with Crippen LogP contribution in [0.4, 0.5) is 0 Å². The van der Waals surface area contributed by atoms with Gasteiger partial charge in [0.1, 0.15) is 6.07 Å². The first-order valence-electron chi connectivity index (χ1n) is 7.04. The van der Waals surface area contributed by atoms with Crippen molar-refractivity contribution in [1.82, 2.24) is 4.98 Å². The smallest absolute Gasteiger partial charge is 0.162 e. The summed E-state index contributed by atoms with van der Waals surface area (Å²) in [5, 5.41) is 10.3. The SMILES string of the molecule is COc1cc2ncc(C#N)c(Sc3cccc(Br)c3)c2cc1OC. The zero-order valence-electron chi connectivity index (χ0n) is 13.0. The van der Waals surface area contributed by atoms with Crippen LogP contribution in [0.2, 0.25) is 0 Å². The van der Waals surface area contributed by atoms with Crippen molar-refractivity contribution < 1.29 is 9.47 Å². The Bertz CT molecular complexity index is 954. The van der Waals surface area contributed by atoms with Crippen LogP contribution in [0.3, 0.4) is 0 Å². The minimum atomic E-state index is 0.527. The van der Waals surface area contributed by atoms with Gasteiger partial charge in [0.15, 0.2) is 11.5 Å². The Balaban J connectivity index is 2.22. The highest BCUT2D eigenvalue weighted by Gasteiger charge is 2.15. The maximum Gasteiger partial charge on any atom is 0.162 e.